The largest absolute Gasteiger partial charge is 0.295 e. The van der Waals surface area contributed by atoms with E-state index in [9.17, 15) is 4.79 Å². The number of hydrogen-bond acceptors (Lipinski definition) is 1. The Kier molecular flexibility index (Phi) is 2.33. The molecule has 0 amide bonds. The van der Waals surface area contributed by atoms with E-state index in [4.69, 9.17) is 0 Å². The summed E-state index contributed by atoms with van der Waals surface area (Å²) >= 11 is 0. The van der Waals surface area contributed by atoms with E-state index < -0.39 is 8.07 Å². The third-order valence-electron chi connectivity index (χ3n) is 1.82. The lowest BCUT2D eigenvalue weighted by molar-refractivity contribution is -0.114. The fraction of sp³-hybridized carbons (Fsp3) is 0.667. The summed E-state index contributed by atoms with van der Waals surface area (Å²) < 4.78 is 0. The monoisotopic (exact) mass is 168 g/mol. The molecule has 0 aromatic rings. The Labute approximate surface area is 69.5 Å². The van der Waals surface area contributed by atoms with Gasteiger partial charge in [-0.05, 0) is 18.4 Å². The molecule has 0 aromatic heterocycles. The number of rotatable bonds is 1. The number of hydrogen-bond donors (Lipinski definition) is 0. The first-order valence-electron chi connectivity index (χ1n) is 4.24. The second kappa shape index (κ2) is 2.93. The molecule has 0 bridgehead atoms. The first-order chi connectivity index (χ1) is 4.99. The van der Waals surface area contributed by atoms with Gasteiger partial charge in [0.2, 0.25) is 0 Å². The highest BCUT2D eigenvalue weighted by Gasteiger charge is 2.20. The van der Waals surface area contributed by atoms with E-state index in [1.165, 1.54) is 0 Å². The van der Waals surface area contributed by atoms with E-state index in [1.807, 2.05) is 0 Å². The molecule has 62 valence electrons. The summed E-state index contributed by atoms with van der Waals surface area (Å²) in [5.74, 6) is 0.396. The molecule has 0 saturated heterocycles. The van der Waals surface area contributed by atoms with Gasteiger partial charge >= 0.3 is 0 Å². The Morgan fingerprint density at radius 3 is 2.27 bits per heavy atom. The Balaban J connectivity index is 2.73. The van der Waals surface area contributed by atoms with Crippen LogP contribution in [0.4, 0.5) is 0 Å². The zero-order valence-electron chi connectivity index (χ0n) is 7.61. The number of carbonyl (C=O) groups is 1. The van der Waals surface area contributed by atoms with Gasteiger partial charge in [0.25, 0.3) is 0 Å². The predicted molar refractivity (Wildman–Crippen MR) is 50.3 cm³/mol. The first kappa shape index (κ1) is 8.72. The molecule has 0 N–H and O–H groups in total. The van der Waals surface area contributed by atoms with E-state index >= 15 is 0 Å². The standard InChI is InChI=1S/C9H16OSi/c1-11(2,3)7-8-5-4-6-9(8)10/h7H,4-6H2,1-3H3. The van der Waals surface area contributed by atoms with Gasteiger partial charge in [-0.3, -0.25) is 4.79 Å². The number of allylic oxidation sites excluding steroid dienone is 1. The van der Waals surface area contributed by atoms with Gasteiger partial charge in [-0.25, -0.2) is 0 Å². The highest BCUT2D eigenvalue weighted by molar-refractivity contribution is 6.81. The summed E-state index contributed by atoms with van der Waals surface area (Å²) in [6.07, 6.45) is 2.90. The summed E-state index contributed by atoms with van der Waals surface area (Å²) in [6.45, 7) is 6.81. The van der Waals surface area contributed by atoms with E-state index in [0.717, 1.165) is 24.8 Å². The molecule has 1 rings (SSSR count). The Bertz CT molecular complexity index is 198. The van der Waals surface area contributed by atoms with Crippen molar-refractivity contribution in [3.8, 4) is 0 Å². The Morgan fingerprint density at radius 2 is 1.91 bits per heavy atom. The van der Waals surface area contributed by atoms with Crippen LogP contribution in [0.1, 0.15) is 19.3 Å². The molecule has 1 saturated carbocycles. The van der Waals surface area contributed by atoms with Crippen molar-refractivity contribution in [1.29, 1.82) is 0 Å². The average molecular weight is 168 g/mol. The van der Waals surface area contributed by atoms with E-state index in [-0.39, 0.29) is 0 Å². The van der Waals surface area contributed by atoms with Crippen LogP contribution in [0, 0.1) is 0 Å². The van der Waals surface area contributed by atoms with E-state index in [0.29, 0.717) is 5.78 Å². The highest BCUT2D eigenvalue weighted by Crippen LogP contribution is 2.22. The maximum atomic E-state index is 11.2. The van der Waals surface area contributed by atoms with Crippen molar-refractivity contribution >= 4 is 13.9 Å². The van der Waals surface area contributed by atoms with Crippen LogP contribution < -0.4 is 0 Å². The van der Waals surface area contributed by atoms with Gasteiger partial charge in [-0.1, -0.05) is 25.3 Å². The molecule has 0 radical (unpaired) electrons. The van der Waals surface area contributed by atoms with Crippen molar-refractivity contribution in [1.82, 2.24) is 0 Å². The second-order valence-electron chi connectivity index (χ2n) is 4.31. The first-order valence-corrected chi connectivity index (χ1v) is 7.82. The van der Waals surface area contributed by atoms with Crippen molar-refractivity contribution in [2.45, 2.75) is 38.9 Å². The lowest BCUT2D eigenvalue weighted by Crippen LogP contribution is -2.17. The normalized spacial score (nSPS) is 23.2. The lowest BCUT2D eigenvalue weighted by atomic mass is 10.2. The molecule has 1 nitrogen and oxygen atoms in total. The maximum absolute atomic E-state index is 11.2. The highest BCUT2D eigenvalue weighted by atomic mass is 28.3. The van der Waals surface area contributed by atoms with Crippen molar-refractivity contribution in [3.63, 3.8) is 0 Å². The second-order valence-corrected chi connectivity index (χ2v) is 9.33. The van der Waals surface area contributed by atoms with Crippen molar-refractivity contribution < 1.29 is 4.79 Å². The van der Waals surface area contributed by atoms with Crippen LogP contribution in [-0.4, -0.2) is 13.9 Å². The molecule has 0 aromatic carbocycles. The SMILES string of the molecule is C[Si](C)(C)C=C1CCCC1=O. The quantitative estimate of drug-likeness (QED) is 0.434. The van der Waals surface area contributed by atoms with E-state index in [2.05, 4.69) is 25.3 Å². The van der Waals surface area contributed by atoms with Gasteiger partial charge in [-0.15, -0.1) is 0 Å². The van der Waals surface area contributed by atoms with Crippen LogP contribution in [0.25, 0.3) is 0 Å². The molecule has 0 atom stereocenters. The van der Waals surface area contributed by atoms with Gasteiger partial charge in [0.05, 0.1) is 8.07 Å². The fourth-order valence-electron chi connectivity index (χ4n) is 1.41. The van der Waals surface area contributed by atoms with Gasteiger partial charge in [0.1, 0.15) is 0 Å². The van der Waals surface area contributed by atoms with Crippen LogP contribution in [0.15, 0.2) is 11.3 Å². The average Bonchev–Trinajstić information content (AvgIpc) is 2.12. The molecule has 1 aliphatic carbocycles. The van der Waals surface area contributed by atoms with Gasteiger partial charge < -0.3 is 0 Å². The summed E-state index contributed by atoms with van der Waals surface area (Å²) in [4.78, 5) is 11.2. The van der Waals surface area contributed by atoms with E-state index in [1.54, 1.807) is 0 Å². The van der Waals surface area contributed by atoms with Crippen molar-refractivity contribution in [2.75, 3.05) is 0 Å². The zero-order valence-corrected chi connectivity index (χ0v) is 8.61. The van der Waals surface area contributed by atoms with Crippen LogP contribution >= 0.6 is 0 Å². The fourth-order valence-corrected chi connectivity index (χ4v) is 2.77. The molecule has 1 aliphatic rings. The van der Waals surface area contributed by atoms with Crippen LogP contribution in [0.5, 0.6) is 0 Å². The zero-order chi connectivity index (χ0) is 8.48. The predicted octanol–water partition coefficient (Wildman–Crippen LogP) is 2.54. The van der Waals surface area contributed by atoms with Crippen molar-refractivity contribution in [2.24, 2.45) is 0 Å². The third-order valence-corrected chi connectivity index (χ3v) is 3.03. The minimum Gasteiger partial charge on any atom is -0.295 e. The molecule has 0 unspecified atom stereocenters. The summed E-state index contributed by atoms with van der Waals surface area (Å²) in [7, 11) is -1.15. The maximum Gasteiger partial charge on any atom is 0.158 e. The summed E-state index contributed by atoms with van der Waals surface area (Å²) in [5.41, 5.74) is 3.37. The van der Waals surface area contributed by atoms with Crippen LogP contribution in [-0.2, 0) is 4.79 Å². The molecule has 11 heavy (non-hydrogen) atoms. The van der Waals surface area contributed by atoms with Gasteiger partial charge in [-0.2, -0.15) is 0 Å². The van der Waals surface area contributed by atoms with Gasteiger partial charge in [0.15, 0.2) is 5.78 Å². The minimum atomic E-state index is -1.15. The molecule has 0 heterocycles. The smallest absolute Gasteiger partial charge is 0.158 e. The van der Waals surface area contributed by atoms with Crippen molar-refractivity contribution in [3.05, 3.63) is 11.3 Å². The topological polar surface area (TPSA) is 17.1 Å². The Hall–Kier alpha value is -0.373. The van der Waals surface area contributed by atoms with Crippen LogP contribution in [0.3, 0.4) is 0 Å². The molecule has 1 fully saturated rings. The lowest BCUT2D eigenvalue weighted by Gasteiger charge is -2.09. The van der Waals surface area contributed by atoms with Gasteiger partial charge in [0, 0.05) is 6.42 Å². The van der Waals surface area contributed by atoms with Crippen LogP contribution in [0.2, 0.25) is 19.6 Å². The molecular weight excluding hydrogens is 152 g/mol. The molecular formula is C9H16OSi. The third kappa shape index (κ3) is 2.62. The number of carbonyl (C=O) groups excluding carboxylic acids is 1. The molecule has 0 spiro atoms. The number of Topliss-reactive ketones (excluding diaryl/α,β-unsaturated/α-hetero) is 1. The molecule has 2 heteroatoms. The summed E-state index contributed by atoms with van der Waals surface area (Å²) in [6, 6.07) is 0. The molecule has 0 aliphatic heterocycles. The Morgan fingerprint density at radius 1 is 1.27 bits per heavy atom. The summed E-state index contributed by atoms with van der Waals surface area (Å²) in [5, 5.41) is 0. The minimum absolute atomic E-state index is 0.396. The number of ketones is 1.